The van der Waals surface area contributed by atoms with Gasteiger partial charge in [-0.25, -0.2) is 9.59 Å². The number of rotatable bonds is 3. The minimum Gasteiger partial charge on any atom is -0.476 e. The number of likely N-dealkylation sites (tertiary alicyclic amines) is 1. The van der Waals surface area contributed by atoms with E-state index in [1.54, 1.807) is 11.9 Å². The molecule has 8 nitrogen and oxygen atoms in total. The summed E-state index contributed by atoms with van der Waals surface area (Å²) in [4.78, 5) is 27.4. The monoisotopic (exact) mass is 362 g/mol. The second kappa shape index (κ2) is 6.26. The molecule has 1 atom stereocenters. The zero-order valence-electron chi connectivity index (χ0n) is 15.4. The zero-order chi connectivity index (χ0) is 18.5. The average Bonchev–Trinajstić information content (AvgIpc) is 3.12. The number of likely N-dealkylation sites (N-methyl/N-ethyl adjacent to an activating group) is 1. The standard InChI is InChI=1S/C18H26N4O4/c1-3-22-14-5-4-12(10-13(14)15(19-22)16(23)24)21-8-6-18(7-9-21)11-20(2)17(25)26-18/h12H,3-11H2,1-2H3,(H,23,24)/t12-/m0/s1. The summed E-state index contributed by atoms with van der Waals surface area (Å²) in [6, 6.07) is 0.335. The molecule has 2 saturated heterocycles. The van der Waals surface area contributed by atoms with Gasteiger partial charge in [-0.2, -0.15) is 5.10 Å². The van der Waals surface area contributed by atoms with E-state index in [0.29, 0.717) is 19.1 Å². The van der Waals surface area contributed by atoms with Gasteiger partial charge < -0.3 is 14.7 Å². The molecule has 1 N–H and O–H groups in total. The maximum absolute atomic E-state index is 11.7. The second-order valence-electron chi connectivity index (χ2n) is 7.73. The molecular weight excluding hydrogens is 336 g/mol. The summed E-state index contributed by atoms with van der Waals surface area (Å²) in [6.07, 6.45) is 4.08. The lowest BCUT2D eigenvalue weighted by Crippen LogP contribution is -2.51. The molecule has 0 aromatic carbocycles. The van der Waals surface area contributed by atoms with Gasteiger partial charge in [0.25, 0.3) is 0 Å². The summed E-state index contributed by atoms with van der Waals surface area (Å²) in [6.45, 7) is 5.12. The third-order valence-corrected chi connectivity index (χ3v) is 6.19. The van der Waals surface area contributed by atoms with Crippen molar-refractivity contribution in [1.82, 2.24) is 19.6 Å². The highest BCUT2D eigenvalue weighted by atomic mass is 16.6. The molecule has 1 aromatic rings. The Balaban J connectivity index is 1.46. The first-order valence-corrected chi connectivity index (χ1v) is 9.42. The first-order chi connectivity index (χ1) is 12.4. The number of aromatic nitrogens is 2. The number of ether oxygens (including phenoxy) is 1. The van der Waals surface area contributed by atoms with Gasteiger partial charge in [0.2, 0.25) is 0 Å². The molecule has 1 aliphatic carbocycles. The average molecular weight is 362 g/mol. The fourth-order valence-corrected chi connectivity index (χ4v) is 4.76. The van der Waals surface area contributed by atoms with Gasteiger partial charge in [0.1, 0.15) is 5.60 Å². The van der Waals surface area contributed by atoms with Crippen LogP contribution in [-0.4, -0.2) is 75.1 Å². The van der Waals surface area contributed by atoms with Crippen molar-refractivity contribution < 1.29 is 19.4 Å². The lowest BCUT2D eigenvalue weighted by Gasteiger charge is -2.42. The van der Waals surface area contributed by atoms with Gasteiger partial charge in [-0.05, 0) is 26.2 Å². The molecule has 1 spiro atoms. The van der Waals surface area contributed by atoms with Crippen LogP contribution in [0.5, 0.6) is 0 Å². The molecule has 3 heterocycles. The van der Waals surface area contributed by atoms with Gasteiger partial charge in [-0.3, -0.25) is 9.58 Å². The van der Waals surface area contributed by atoms with Gasteiger partial charge >= 0.3 is 12.1 Å². The molecule has 142 valence electrons. The molecule has 0 saturated carbocycles. The highest BCUT2D eigenvalue weighted by molar-refractivity contribution is 5.87. The molecule has 3 aliphatic rings. The fraction of sp³-hybridized carbons (Fsp3) is 0.722. The smallest absolute Gasteiger partial charge is 0.410 e. The number of piperidine rings is 1. The first kappa shape index (κ1) is 17.3. The quantitative estimate of drug-likeness (QED) is 0.874. The van der Waals surface area contributed by atoms with Gasteiger partial charge in [0.05, 0.1) is 6.54 Å². The Kier molecular flexibility index (Phi) is 4.17. The molecular formula is C18H26N4O4. The van der Waals surface area contributed by atoms with Gasteiger partial charge in [0, 0.05) is 56.8 Å². The lowest BCUT2D eigenvalue weighted by atomic mass is 9.86. The summed E-state index contributed by atoms with van der Waals surface area (Å²) < 4.78 is 7.47. The van der Waals surface area contributed by atoms with Crippen molar-refractivity contribution in [3.05, 3.63) is 17.0 Å². The van der Waals surface area contributed by atoms with Gasteiger partial charge in [-0.15, -0.1) is 0 Å². The van der Waals surface area contributed by atoms with E-state index in [2.05, 4.69) is 10.00 Å². The minimum absolute atomic E-state index is 0.214. The van der Waals surface area contributed by atoms with Gasteiger partial charge in [0.15, 0.2) is 5.69 Å². The number of nitrogens with zero attached hydrogens (tertiary/aromatic N) is 4. The van der Waals surface area contributed by atoms with Gasteiger partial charge in [-0.1, -0.05) is 0 Å². The van der Waals surface area contributed by atoms with E-state index in [0.717, 1.165) is 56.5 Å². The van der Waals surface area contributed by atoms with Crippen molar-refractivity contribution in [3.63, 3.8) is 0 Å². The molecule has 2 fully saturated rings. The predicted molar refractivity (Wildman–Crippen MR) is 93.3 cm³/mol. The maximum atomic E-state index is 11.7. The van der Waals surface area contributed by atoms with E-state index < -0.39 is 5.97 Å². The number of fused-ring (bicyclic) bond motifs is 1. The largest absolute Gasteiger partial charge is 0.476 e. The highest BCUT2D eigenvalue weighted by Crippen LogP contribution is 2.35. The second-order valence-corrected chi connectivity index (χ2v) is 7.73. The van der Waals surface area contributed by atoms with Crippen LogP contribution in [-0.2, 0) is 24.1 Å². The number of carboxylic acids is 1. The molecule has 0 bridgehead atoms. The van der Waals surface area contributed by atoms with Crippen molar-refractivity contribution >= 4 is 12.1 Å². The van der Waals surface area contributed by atoms with E-state index in [1.807, 2.05) is 11.6 Å². The van der Waals surface area contributed by atoms with Crippen molar-refractivity contribution in [2.45, 2.75) is 57.2 Å². The summed E-state index contributed by atoms with van der Waals surface area (Å²) in [5, 5.41) is 13.8. The lowest BCUT2D eigenvalue weighted by molar-refractivity contribution is -0.0117. The number of hydrogen-bond acceptors (Lipinski definition) is 5. The number of aromatic carboxylic acids is 1. The van der Waals surface area contributed by atoms with Crippen LogP contribution >= 0.6 is 0 Å². The molecule has 0 unspecified atom stereocenters. The Morgan fingerprint density at radius 2 is 2.12 bits per heavy atom. The highest BCUT2D eigenvalue weighted by Gasteiger charge is 2.46. The molecule has 1 aromatic heterocycles. The number of amides is 1. The van der Waals surface area contributed by atoms with E-state index in [-0.39, 0.29) is 17.4 Å². The van der Waals surface area contributed by atoms with Crippen molar-refractivity contribution in [2.24, 2.45) is 0 Å². The number of carboxylic acid groups (broad SMARTS) is 1. The molecule has 1 amide bonds. The predicted octanol–water partition coefficient (Wildman–Crippen LogP) is 1.38. The summed E-state index contributed by atoms with van der Waals surface area (Å²) in [7, 11) is 1.78. The number of hydrogen-bond donors (Lipinski definition) is 1. The number of carbonyl (C=O) groups is 2. The van der Waals surface area contributed by atoms with Crippen LogP contribution in [0.2, 0.25) is 0 Å². The first-order valence-electron chi connectivity index (χ1n) is 9.42. The van der Waals surface area contributed by atoms with Crippen LogP contribution in [0.3, 0.4) is 0 Å². The molecule has 26 heavy (non-hydrogen) atoms. The Bertz CT molecular complexity index is 736. The summed E-state index contributed by atoms with van der Waals surface area (Å²) in [5.74, 6) is -0.937. The van der Waals surface area contributed by atoms with Crippen LogP contribution < -0.4 is 0 Å². The molecule has 0 radical (unpaired) electrons. The Morgan fingerprint density at radius 1 is 1.38 bits per heavy atom. The third-order valence-electron chi connectivity index (χ3n) is 6.19. The van der Waals surface area contributed by atoms with Crippen LogP contribution in [0, 0.1) is 0 Å². The SMILES string of the molecule is CCn1nc(C(=O)O)c2c1CC[C@H](N1CCC3(CC1)CN(C)C(=O)O3)C2. The van der Waals surface area contributed by atoms with Crippen molar-refractivity contribution in [3.8, 4) is 0 Å². The van der Waals surface area contributed by atoms with E-state index in [9.17, 15) is 14.7 Å². The van der Waals surface area contributed by atoms with Crippen molar-refractivity contribution in [2.75, 3.05) is 26.7 Å². The third kappa shape index (κ3) is 2.76. The molecule has 2 aliphatic heterocycles. The van der Waals surface area contributed by atoms with E-state index >= 15 is 0 Å². The number of carbonyl (C=O) groups excluding carboxylic acids is 1. The molecule has 8 heteroatoms. The summed E-state index contributed by atoms with van der Waals surface area (Å²) in [5.41, 5.74) is 1.87. The zero-order valence-corrected chi connectivity index (χ0v) is 15.4. The van der Waals surface area contributed by atoms with Crippen molar-refractivity contribution in [1.29, 1.82) is 0 Å². The minimum atomic E-state index is -0.937. The van der Waals surface area contributed by atoms with Crippen LogP contribution in [0.1, 0.15) is 47.9 Å². The van der Waals surface area contributed by atoms with Crippen LogP contribution in [0.4, 0.5) is 4.79 Å². The Labute approximate surface area is 152 Å². The Hall–Kier alpha value is -2.09. The normalized spacial score (nSPS) is 25.4. The topological polar surface area (TPSA) is 87.9 Å². The van der Waals surface area contributed by atoms with Crippen LogP contribution in [0.25, 0.3) is 0 Å². The van der Waals surface area contributed by atoms with Crippen LogP contribution in [0.15, 0.2) is 0 Å². The molecule has 4 rings (SSSR count). The van der Waals surface area contributed by atoms with E-state index in [1.165, 1.54) is 0 Å². The van der Waals surface area contributed by atoms with E-state index in [4.69, 9.17) is 4.74 Å². The number of aryl methyl sites for hydroxylation is 1. The maximum Gasteiger partial charge on any atom is 0.410 e. The summed E-state index contributed by atoms with van der Waals surface area (Å²) >= 11 is 0. The fourth-order valence-electron chi connectivity index (χ4n) is 4.76. The Morgan fingerprint density at radius 3 is 2.69 bits per heavy atom.